The number of nitrogens with one attached hydrogen (secondary N) is 7. The zero-order valence-electron chi connectivity index (χ0n) is 37.8. The average Bonchev–Trinajstić information content (AvgIpc) is 3.30. The van der Waals surface area contributed by atoms with Crippen LogP contribution < -0.4 is 37.2 Å². The van der Waals surface area contributed by atoms with E-state index >= 15 is 0 Å². The molecular formula is C44H68N12O9. The summed E-state index contributed by atoms with van der Waals surface area (Å²) in [5.41, 5.74) is 2.73. The van der Waals surface area contributed by atoms with E-state index in [9.17, 15) is 24.0 Å². The molecule has 0 radical (unpaired) electrons. The third-order valence-corrected chi connectivity index (χ3v) is 8.68. The minimum atomic E-state index is -0.324. The second-order valence-corrected chi connectivity index (χ2v) is 13.9. The molecule has 0 atom stereocenters. The predicted molar refractivity (Wildman–Crippen MR) is 250 cm³/mol. The molecule has 7 N–H and O–H groups in total. The highest BCUT2D eigenvalue weighted by Crippen LogP contribution is 2.09. The summed E-state index contributed by atoms with van der Waals surface area (Å²) < 4.78 is 21.7. The zero-order chi connectivity index (χ0) is 47.3. The zero-order valence-corrected chi connectivity index (χ0v) is 37.8. The number of likely N-dealkylation sites (N-methyl/N-ethyl adjacent to an activating group) is 1. The molecule has 0 spiro atoms. The summed E-state index contributed by atoms with van der Waals surface area (Å²) in [7, 11) is 0. The molecule has 2 rings (SSSR count). The van der Waals surface area contributed by atoms with E-state index in [1.165, 1.54) is 0 Å². The molecule has 0 aliphatic heterocycles. The number of anilines is 2. The molecule has 0 bridgehead atoms. The quantitative estimate of drug-likeness (QED) is 0.0460. The van der Waals surface area contributed by atoms with E-state index in [2.05, 4.69) is 83.5 Å². The second-order valence-electron chi connectivity index (χ2n) is 13.9. The average molecular weight is 909 g/mol. The van der Waals surface area contributed by atoms with Crippen molar-refractivity contribution in [3.63, 3.8) is 0 Å². The van der Waals surface area contributed by atoms with Crippen molar-refractivity contribution in [2.24, 2.45) is 0 Å². The van der Waals surface area contributed by atoms with E-state index in [0.29, 0.717) is 119 Å². The van der Waals surface area contributed by atoms with Crippen molar-refractivity contribution in [2.75, 3.05) is 129 Å². The highest BCUT2D eigenvalue weighted by molar-refractivity contribution is 5.79. The van der Waals surface area contributed by atoms with Crippen LogP contribution in [0.1, 0.15) is 55.4 Å². The monoisotopic (exact) mass is 909 g/mol. The lowest BCUT2D eigenvalue weighted by Crippen LogP contribution is -2.45. The Kier molecular flexibility index (Phi) is 29.8. The first kappa shape index (κ1) is 55.0. The third kappa shape index (κ3) is 27.6. The van der Waals surface area contributed by atoms with Crippen LogP contribution in [0.15, 0.2) is 38.4 Å². The van der Waals surface area contributed by atoms with Gasteiger partial charge in [0.25, 0.3) is 0 Å². The van der Waals surface area contributed by atoms with Gasteiger partial charge in [0.15, 0.2) is 0 Å². The molecule has 5 amide bonds. The minimum absolute atomic E-state index is 0.0897. The molecule has 0 saturated heterocycles. The second kappa shape index (κ2) is 35.2. The smallest absolute Gasteiger partial charge is 0.246 e. The van der Waals surface area contributed by atoms with Gasteiger partial charge in [-0.25, -0.2) is 19.9 Å². The van der Waals surface area contributed by atoms with Crippen molar-refractivity contribution in [1.82, 2.24) is 51.4 Å². The number of rotatable bonds is 39. The molecule has 0 aliphatic rings. The Morgan fingerprint density at radius 3 is 1.28 bits per heavy atom. The Balaban J connectivity index is 1.46. The summed E-state index contributed by atoms with van der Waals surface area (Å²) in [5.74, 6) is -0.126. The molecule has 21 heteroatoms. The fourth-order valence-corrected chi connectivity index (χ4v) is 5.45. The molecule has 65 heavy (non-hydrogen) atoms. The normalized spacial score (nSPS) is 10.7. The Hall–Kier alpha value is -6.13. The number of aromatic nitrogens is 4. The fourth-order valence-electron chi connectivity index (χ4n) is 5.45. The summed E-state index contributed by atoms with van der Waals surface area (Å²) in [6, 6.07) is 3.54. The van der Waals surface area contributed by atoms with Gasteiger partial charge in [-0.05, 0) is 56.2 Å². The van der Waals surface area contributed by atoms with Crippen LogP contribution in [-0.4, -0.2) is 173 Å². The minimum Gasteiger partial charge on any atom is -0.377 e. The maximum Gasteiger partial charge on any atom is 0.246 e. The number of carbonyl (C=O) groups excluding carboxylic acids is 5. The van der Waals surface area contributed by atoms with Gasteiger partial charge >= 0.3 is 0 Å². The first-order valence-electron chi connectivity index (χ1n) is 21.7. The van der Waals surface area contributed by atoms with Crippen molar-refractivity contribution < 1.29 is 42.9 Å². The Labute approximate surface area is 382 Å². The van der Waals surface area contributed by atoms with E-state index in [1.807, 2.05) is 11.8 Å². The van der Waals surface area contributed by atoms with Gasteiger partial charge in [-0.15, -0.1) is 0 Å². The molecular weight excluding hydrogens is 841 g/mol. The summed E-state index contributed by atoms with van der Waals surface area (Å²) >= 11 is 0. The largest absolute Gasteiger partial charge is 0.377 e. The number of ether oxygens (including phenoxy) is 4. The molecule has 2 aromatic heterocycles. The molecule has 0 aliphatic carbocycles. The third-order valence-electron chi connectivity index (χ3n) is 8.68. The van der Waals surface area contributed by atoms with E-state index in [4.69, 9.17) is 18.9 Å². The van der Waals surface area contributed by atoms with Crippen molar-refractivity contribution in [2.45, 2.75) is 32.6 Å². The lowest BCUT2D eigenvalue weighted by molar-refractivity contribution is -0.126. The Morgan fingerprint density at radius 1 is 0.508 bits per heavy atom. The molecule has 21 nitrogen and oxygen atoms in total. The number of hydrogen-bond acceptors (Lipinski definition) is 16. The highest BCUT2D eigenvalue weighted by atomic mass is 16.5. The molecule has 2 heterocycles. The predicted octanol–water partition coefficient (Wildman–Crippen LogP) is 0.892. The van der Waals surface area contributed by atoms with Gasteiger partial charge in [0.1, 0.15) is 13.2 Å². The molecule has 2 aromatic rings. The van der Waals surface area contributed by atoms with Gasteiger partial charge < -0.3 is 56.2 Å². The summed E-state index contributed by atoms with van der Waals surface area (Å²) in [5, 5.41) is 20.1. The van der Waals surface area contributed by atoms with Gasteiger partial charge in [-0.2, -0.15) is 0 Å². The van der Waals surface area contributed by atoms with Crippen molar-refractivity contribution in [3.05, 3.63) is 61.2 Å². The fraction of sp³-hybridized carbons (Fsp3) is 0.523. The summed E-state index contributed by atoms with van der Waals surface area (Å²) in [6.45, 7) is 21.4. The Bertz CT molecular complexity index is 1630. The van der Waals surface area contributed by atoms with Crippen molar-refractivity contribution in [3.8, 4) is 0 Å². The van der Waals surface area contributed by atoms with Crippen molar-refractivity contribution >= 4 is 65.7 Å². The first-order chi connectivity index (χ1) is 31.6. The van der Waals surface area contributed by atoms with Crippen LogP contribution in [-0.2, 0) is 42.9 Å². The van der Waals surface area contributed by atoms with E-state index in [0.717, 1.165) is 0 Å². The standard InChI is InChI=1S/C44H68N12O9/c1-6-34-29-35(7-2)53-43(52-34)50-15-11-13-38(57)48-19-23-62-25-27-64-32-41(60)46-17-21-56(31-40(59)45-10-5)22-18-47-42(61)33-65-28-26-63-24-20-49-39(58)14-12-16-51-44-54-36(8-3)30-37(9-4)55-44/h6-9,29-30H,1-4,10-28,31-33H2,5H3,(H,45,59)(H,46,60)(H,47,61)(H,48,57)(H,49,58)(H,50,52,53)(H,51,54,55). The van der Waals surface area contributed by atoms with Crippen LogP contribution in [0.5, 0.6) is 0 Å². The Morgan fingerprint density at radius 2 is 0.892 bits per heavy atom. The van der Waals surface area contributed by atoms with Gasteiger partial charge in [-0.1, -0.05) is 26.3 Å². The van der Waals surface area contributed by atoms with Crippen LogP contribution in [0, 0.1) is 0 Å². The van der Waals surface area contributed by atoms with Gasteiger partial charge in [0, 0.05) is 71.7 Å². The van der Waals surface area contributed by atoms with Crippen LogP contribution in [0.2, 0.25) is 0 Å². The van der Waals surface area contributed by atoms with Gasteiger partial charge in [-0.3, -0.25) is 28.9 Å². The van der Waals surface area contributed by atoms with E-state index in [-0.39, 0.29) is 88.8 Å². The van der Waals surface area contributed by atoms with Crippen LogP contribution in [0.25, 0.3) is 24.3 Å². The topological polar surface area (TPSA) is 261 Å². The summed E-state index contributed by atoms with van der Waals surface area (Å²) in [6.07, 6.45) is 8.33. The molecule has 358 valence electrons. The lowest BCUT2D eigenvalue weighted by Gasteiger charge is -2.22. The molecule has 0 aromatic carbocycles. The van der Waals surface area contributed by atoms with Crippen LogP contribution in [0.3, 0.4) is 0 Å². The van der Waals surface area contributed by atoms with E-state index < -0.39 is 0 Å². The molecule has 0 unspecified atom stereocenters. The maximum atomic E-state index is 12.3. The number of nitrogens with zero attached hydrogens (tertiary/aromatic N) is 5. The molecule has 0 fully saturated rings. The number of amides is 5. The first-order valence-corrected chi connectivity index (χ1v) is 21.7. The number of hydrogen-bond donors (Lipinski definition) is 7. The maximum absolute atomic E-state index is 12.3. The van der Waals surface area contributed by atoms with E-state index in [1.54, 1.807) is 36.4 Å². The summed E-state index contributed by atoms with van der Waals surface area (Å²) in [4.78, 5) is 80.2. The highest BCUT2D eigenvalue weighted by Gasteiger charge is 2.12. The van der Waals surface area contributed by atoms with Gasteiger partial charge in [0.2, 0.25) is 41.4 Å². The van der Waals surface area contributed by atoms with Crippen LogP contribution >= 0.6 is 0 Å². The van der Waals surface area contributed by atoms with Gasteiger partial charge in [0.05, 0.1) is 69.0 Å². The SMILES string of the molecule is C=Cc1cc(C=C)nc(NCCCC(=O)NCCOCCOCC(=O)NCCN(CCNC(=O)COCCOCCNC(=O)CCCNc2nc(C=C)cc(C=C)n2)CC(=O)NCC)n1. The number of carbonyl (C=O) groups is 5. The molecule has 0 saturated carbocycles. The lowest BCUT2D eigenvalue weighted by atomic mass is 10.3. The van der Waals surface area contributed by atoms with Crippen molar-refractivity contribution in [1.29, 1.82) is 0 Å². The van der Waals surface area contributed by atoms with Crippen LogP contribution in [0.4, 0.5) is 11.9 Å².